The minimum absolute atomic E-state index is 0.0352. The maximum absolute atomic E-state index is 13.1. The molecule has 3 rings (SSSR count). The molecule has 7 nitrogen and oxygen atoms in total. The standard InChI is InChI=1S/C24H31N3O4/c1-17-7-9-18(10-8-17)25-23(28)15-26(2)16-24(29)27-13-5-6-21(27)20-14-19(30-3)11-12-22(20)31-4/h7-12,14,21H,5-6,13,15-16H2,1-4H3,(H,25,28)/p+1/t21-/m0/s1. The Labute approximate surface area is 183 Å². The van der Waals surface area contributed by atoms with Crippen LogP contribution in [-0.4, -0.2) is 57.6 Å². The number of carbonyl (C=O) groups excluding carboxylic acids is 2. The molecule has 2 amide bonds. The van der Waals surface area contributed by atoms with Crippen molar-refractivity contribution in [1.82, 2.24) is 4.90 Å². The van der Waals surface area contributed by atoms with Gasteiger partial charge in [0, 0.05) is 17.8 Å². The molecule has 0 spiro atoms. The highest BCUT2D eigenvalue weighted by Gasteiger charge is 2.33. The zero-order chi connectivity index (χ0) is 22.4. The van der Waals surface area contributed by atoms with E-state index in [1.807, 2.05) is 61.3 Å². The summed E-state index contributed by atoms with van der Waals surface area (Å²) in [6.07, 6.45) is 1.81. The first-order valence-electron chi connectivity index (χ1n) is 10.6. The molecule has 0 radical (unpaired) electrons. The van der Waals surface area contributed by atoms with Crippen molar-refractivity contribution in [2.45, 2.75) is 25.8 Å². The third-order valence-corrected chi connectivity index (χ3v) is 5.62. The second kappa shape index (κ2) is 10.3. The number of amides is 2. The van der Waals surface area contributed by atoms with Gasteiger partial charge in [0.1, 0.15) is 11.5 Å². The van der Waals surface area contributed by atoms with Crippen molar-refractivity contribution in [3.63, 3.8) is 0 Å². The van der Waals surface area contributed by atoms with Crippen LogP contribution in [0, 0.1) is 6.92 Å². The molecule has 2 atom stereocenters. The smallest absolute Gasteiger partial charge is 0.279 e. The number of methoxy groups -OCH3 is 2. The number of carbonyl (C=O) groups is 2. The molecule has 1 fully saturated rings. The largest absolute Gasteiger partial charge is 0.497 e. The lowest BCUT2D eigenvalue weighted by molar-refractivity contribution is -0.862. The average Bonchev–Trinajstić information content (AvgIpc) is 3.24. The SMILES string of the molecule is COc1ccc(OC)c([C@@H]2CCCN2C(=O)C[NH+](C)CC(=O)Nc2ccc(C)cc2)c1. The third kappa shape index (κ3) is 5.76. The van der Waals surface area contributed by atoms with E-state index in [0.29, 0.717) is 6.54 Å². The second-order valence-electron chi connectivity index (χ2n) is 8.08. The van der Waals surface area contributed by atoms with Gasteiger partial charge < -0.3 is 24.6 Å². The van der Waals surface area contributed by atoms with Gasteiger partial charge in [-0.2, -0.15) is 0 Å². The van der Waals surface area contributed by atoms with Gasteiger partial charge in [-0.05, 0) is 50.1 Å². The third-order valence-electron chi connectivity index (χ3n) is 5.62. The van der Waals surface area contributed by atoms with Gasteiger partial charge in [-0.3, -0.25) is 9.59 Å². The summed E-state index contributed by atoms with van der Waals surface area (Å²) < 4.78 is 10.9. The number of quaternary nitrogens is 1. The van der Waals surface area contributed by atoms with Gasteiger partial charge in [-0.1, -0.05) is 17.7 Å². The van der Waals surface area contributed by atoms with Gasteiger partial charge in [0.05, 0.1) is 27.3 Å². The molecule has 2 aromatic carbocycles. The molecule has 1 aliphatic rings. The number of benzene rings is 2. The fourth-order valence-electron chi connectivity index (χ4n) is 4.03. The number of likely N-dealkylation sites (N-methyl/N-ethyl adjacent to an activating group) is 1. The number of aryl methyl sites for hydroxylation is 1. The van der Waals surface area contributed by atoms with Crippen LogP contribution in [0.15, 0.2) is 42.5 Å². The van der Waals surface area contributed by atoms with E-state index in [1.165, 1.54) is 0 Å². The molecular formula is C24H32N3O4+. The molecule has 166 valence electrons. The van der Waals surface area contributed by atoms with Crippen molar-refractivity contribution in [3.05, 3.63) is 53.6 Å². The second-order valence-corrected chi connectivity index (χ2v) is 8.08. The van der Waals surface area contributed by atoms with E-state index < -0.39 is 0 Å². The van der Waals surface area contributed by atoms with E-state index in [1.54, 1.807) is 14.2 Å². The Morgan fingerprint density at radius 1 is 1.10 bits per heavy atom. The van der Waals surface area contributed by atoms with Crippen LogP contribution in [-0.2, 0) is 9.59 Å². The number of hydrogen-bond donors (Lipinski definition) is 2. The van der Waals surface area contributed by atoms with Gasteiger partial charge in [0.15, 0.2) is 13.1 Å². The highest BCUT2D eigenvalue weighted by molar-refractivity contribution is 5.91. The number of hydrogen-bond acceptors (Lipinski definition) is 4. The van der Waals surface area contributed by atoms with Crippen molar-refractivity contribution in [3.8, 4) is 11.5 Å². The summed E-state index contributed by atoms with van der Waals surface area (Å²) in [6, 6.07) is 13.3. The fourth-order valence-corrected chi connectivity index (χ4v) is 4.03. The molecule has 1 aliphatic heterocycles. The summed E-state index contributed by atoms with van der Waals surface area (Å²) in [4.78, 5) is 28.2. The first-order chi connectivity index (χ1) is 14.9. The summed E-state index contributed by atoms with van der Waals surface area (Å²) >= 11 is 0. The van der Waals surface area contributed by atoms with Gasteiger partial charge in [0.25, 0.3) is 11.8 Å². The van der Waals surface area contributed by atoms with E-state index in [-0.39, 0.29) is 30.9 Å². The molecule has 2 N–H and O–H groups in total. The Morgan fingerprint density at radius 3 is 2.52 bits per heavy atom. The Kier molecular flexibility index (Phi) is 7.52. The molecule has 1 unspecified atom stereocenters. The fraction of sp³-hybridized carbons (Fsp3) is 0.417. The lowest BCUT2D eigenvalue weighted by Gasteiger charge is -2.27. The van der Waals surface area contributed by atoms with Crippen molar-refractivity contribution >= 4 is 17.5 Å². The van der Waals surface area contributed by atoms with E-state index in [0.717, 1.165) is 46.1 Å². The maximum atomic E-state index is 13.1. The average molecular weight is 427 g/mol. The Hall–Kier alpha value is -3.06. The van der Waals surface area contributed by atoms with Crippen molar-refractivity contribution in [1.29, 1.82) is 0 Å². The summed E-state index contributed by atoms with van der Waals surface area (Å²) in [5.74, 6) is 1.42. The van der Waals surface area contributed by atoms with Crippen molar-refractivity contribution < 1.29 is 24.0 Å². The Morgan fingerprint density at radius 2 is 1.84 bits per heavy atom. The minimum atomic E-state index is -0.110. The lowest BCUT2D eigenvalue weighted by Crippen LogP contribution is -3.11. The molecular weight excluding hydrogens is 394 g/mol. The molecule has 0 aliphatic carbocycles. The highest BCUT2D eigenvalue weighted by atomic mass is 16.5. The topological polar surface area (TPSA) is 72.3 Å². The number of rotatable bonds is 8. The molecule has 0 saturated carbocycles. The Bertz CT molecular complexity index is 914. The predicted octanol–water partition coefficient (Wildman–Crippen LogP) is 1.83. The van der Waals surface area contributed by atoms with Crippen LogP contribution in [0.3, 0.4) is 0 Å². The summed E-state index contributed by atoms with van der Waals surface area (Å²) in [6.45, 7) is 3.18. The molecule has 0 bridgehead atoms. The van der Waals surface area contributed by atoms with Crippen molar-refractivity contribution in [2.24, 2.45) is 0 Å². The summed E-state index contributed by atoms with van der Waals surface area (Å²) in [5.41, 5.74) is 2.86. The van der Waals surface area contributed by atoms with Crippen LogP contribution < -0.4 is 19.7 Å². The number of ether oxygens (including phenoxy) is 2. The van der Waals surface area contributed by atoms with E-state index in [2.05, 4.69) is 5.32 Å². The van der Waals surface area contributed by atoms with Crippen LogP contribution >= 0.6 is 0 Å². The van der Waals surface area contributed by atoms with Crippen molar-refractivity contribution in [2.75, 3.05) is 46.2 Å². The maximum Gasteiger partial charge on any atom is 0.279 e. The molecule has 31 heavy (non-hydrogen) atoms. The zero-order valence-electron chi connectivity index (χ0n) is 18.7. The number of nitrogens with one attached hydrogen (secondary N) is 2. The minimum Gasteiger partial charge on any atom is -0.497 e. The molecule has 1 saturated heterocycles. The zero-order valence-corrected chi connectivity index (χ0v) is 18.7. The summed E-state index contributed by atoms with van der Waals surface area (Å²) in [7, 11) is 5.13. The van der Waals surface area contributed by atoms with E-state index in [4.69, 9.17) is 9.47 Å². The van der Waals surface area contributed by atoms with Crippen LogP contribution in [0.25, 0.3) is 0 Å². The highest BCUT2D eigenvalue weighted by Crippen LogP contribution is 2.38. The van der Waals surface area contributed by atoms with Crippen LogP contribution in [0.5, 0.6) is 11.5 Å². The number of likely N-dealkylation sites (tertiary alicyclic amines) is 1. The normalized spacial score (nSPS) is 16.6. The van der Waals surface area contributed by atoms with Crippen LogP contribution in [0.2, 0.25) is 0 Å². The van der Waals surface area contributed by atoms with E-state index >= 15 is 0 Å². The predicted molar refractivity (Wildman–Crippen MR) is 120 cm³/mol. The molecule has 1 heterocycles. The molecule has 0 aromatic heterocycles. The summed E-state index contributed by atoms with van der Waals surface area (Å²) in [5, 5.41) is 2.89. The molecule has 2 aromatic rings. The number of nitrogens with zero attached hydrogens (tertiary/aromatic N) is 1. The molecule has 7 heteroatoms. The Balaban J connectivity index is 1.61. The van der Waals surface area contributed by atoms with Gasteiger partial charge in [-0.25, -0.2) is 0 Å². The van der Waals surface area contributed by atoms with Crippen LogP contribution in [0.4, 0.5) is 5.69 Å². The van der Waals surface area contributed by atoms with Gasteiger partial charge in [-0.15, -0.1) is 0 Å². The van der Waals surface area contributed by atoms with Crippen LogP contribution in [0.1, 0.15) is 30.0 Å². The monoisotopic (exact) mass is 426 g/mol. The van der Waals surface area contributed by atoms with Gasteiger partial charge >= 0.3 is 0 Å². The lowest BCUT2D eigenvalue weighted by atomic mass is 10.0. The van der Waals surface area contributed by atoms with Gasteiger partial charge in [0.2, 0.25) is 0 Å². The number of anilines is 1. The first-order valence-corrected chi connectivity index (χ1v) is 10.6. The first kappa shape index (κ1) is 22.6. The van der Waals surface area contributed by atoms with E-state index in [9.17, 15) is 9.59 Å². The quantitative estimate of drug-likeness (QED) is 0.676.